The molecule has 0 bridgehead atoms. The second-order valence-electron chi connectivity index (χ2n) is 16.3. The van der Waals surface area contributed by atoms with E-state index in [0.717, 1.165) is 38.5 Å². The van der Waals surface area contributed by atoms with Crippen LogP contribution in [0.25, 0.3) is 0 Å². The number of allylic oxidation sites excluding steroid dienone is 3. The molecule has 0 aromatic rings. The van der Waals surface area contributed by atoms with Gasteiger partial charge in [0.2, 0.25) is 0 Å². The van der Waals surface area contributed by atoms with Crippen LogP contribution in [0.3, 0.4) is 0 Å². The van der Waals surface area contributed by atoms with Crippen molar-refractivity contribution < 1.29 is 29.6 Å². The van der Waals surface area contributed by atoms with E-state index in [-0.39, 0.29) is 40.1 Å². The lowest BCUT2D eigenvalue weighted by atomic mass is 9.33. The molecule has 6 nitrogen and oxygen atoms in total. The maximum atomic E-state index is 13.4. The molecule has 230 valence electrons. The number of carboxylic acids is 1. The van der Waals surface area contributed by atoms with Crippen LogP contribution < -0.4 is 0 Å². The third-order valence-corrected chi connectivity index (χ3v) is 14.1. The van der Waals surface area contributed by atoms with E-state index in [1.165, 1.54) is 5.57 Å². The second-order valence-corrected chi connectivity index (χ2v) is 16.3. The maximum absolute atomic E-state index is 13.4. The zero-order valence-electron chi connectivity index (χ0n) is 26.7. The first-order valence-electron chi connectivity index (χ1n) is 16.0. The van der Waals surface area contributed by atoms with Crippen molar-refractivity contribution in [3.05, 3.63) is 23.3 Å². The number of carboxylic acid groups (broad SMARTS) is 1. The monoisotopic (exact) mass is 570 g/mol. The summed E-state index contributed by atoms with van der Waals surface area (Å²) in [4.78, 5) is 26.4. The number of carbonyl (C=O) groups excluding carboxylic acids is 1. The van der Waals surface area contributed by atoms with Crippen LogP contribution in [-0.2, 0) is 14.3 Å². The van der Waals surface area contributed by atoms with E-state index in [9.17, 15) is 24.9 Å². The number of carbonyl (C=O) groups is 2. The summed E-state index contributed by atoms with van der Waals surface area (Å²) in [6, 6.07) is 0. The molecule has 0 unspecified atom stereocenters. The van der Waals surface area contributed by atoms with E-state index in [4.69, 9.17) is 4.74 Å². The molecule has 4 saturated carbocycles. The average Bonchev–Trinajstić information content (AvgIpc) is 2.90. The van der Waals surface area contributed by atoms with Gasteiger partial charge in [0, 0.05) is 16.9 Å². The second kappa shape index (κ2) is 9.67. The first-order valence-corrected chi connectivity index (χ1v) is 16.0. The predicted molar refractivity (Wildman–Crippen MR) is 159 cm³/mol. The number of esters is 1. The number of aliphatic carboxylic acids is 1. The molecule has 4 fully saturated rings. The molecule has 3 N–H and O–H groups in total. The summed E-state index contributed by atoms with van der Waals surface area (Å²) in [7, 11) is 0. The van der Waals surface area contributed by atoms with Crippen LogP contribution in [-0.4, -0.2) is 46.1 Å². The van der Waals surface area contributed by atoms with E-state index in [1.807, 2.05) is 0 Å². The summed E-state index contributed by atoms with van der Waals surface area (Å²) < 4.78 is 6.13. The largest absolute Gasteiger partial charge is 0.481 e. The number of aliphatic hydroxyl groups is 2. The molecule has 5 aliphatic carbocycles. The first-order chi connectivity index (χ1) is 19.0. The molecule has 0 aromatic heterocycles. The fourth-order valence-electron chi connectivity index (χ4n) is 11.3. The smallest absolute Gasteiger partial charge is 0.333 e. The van der Waals surface area contributed by atoms with Crippen molar-refractivity contribution in [2.24, 2.45) is 50.2 Å². The molecule has 5 aliphatic rings. The highest BCUT2D eigenvalue weighted by atomic mass is 16.5. The van der Waals surface area contributed by atoms with Crippen molar-refractivity contribution in [1.29, 1.82) is 0 Å². The molecule has 0 amide bonds. The Kier molecular flexibility index (Phi) is 7.26. The maximum Gasteiger partial charge on any atom is 0.333 e. The normalized spacial score (nSPS) is 49.0. The van der Waals surface area contributed by atoms with Gasteiger partial charge >= 0.3 is 11.9 Å². The van der Waals surface area contributed by atoms with Gasteiger partial charge in [-0.2, -0.15) is 0 Å². The fourth-order valence-corrected chi connectivity index (χ4v) is 11.3. The highest BCUT2D eigenvalue weighted by molar-refractivity contribution is 5.88. The van der Waals surface area contributed by atoms with E-state index in [0.29, 0.717) is 30.8 Å². The number of aliphatic hydroxyl groups excluding tert-OH is 2. The molecular weight excluding hydrogens is 516 g/mol. The Bertz CT molecular complexity index is 1170. The van der Waals surface area contributed by atoms with Crippen LogP contribution >= 0.6 is 0 Å². The molecule has 0 radical (unpaired) electrons. The van der Waals surface area contributed by atoms with Gasteiger partial charge in [-0.15, -0.1) is 0 Å². The molecule has 5 rings (SSSR count). The van der Waals surface area contributed by atoms with E-state index in [1.54, 1.807) is 19.9 Å². The van der Waals surface area contributed by atoms with Crippen molar-refractivity contribution in [2.75, 3.05) is 6.61 Å². The summed E-state index contributed by atoms with van der Waals surface area (Å²) in [6.45, 7) is 17.3. The van der Waals surface area contributed by atoms with Crippen molar-refractivity contribution in [2.45, 2.75) is 125 Å². The summed E-state index contributed by atoms with van der Waals surface area (Å²) in [6.07, 6.45) is 10.1. The van der Waals surface area contributed by atoms with E-state index >= 15 is 0 Å². The Morgan fingerprint density at radius 3 is 2.29 bits per heavy atom. The molecule has 0 aliphatic heterocycles. The summed E-state index contributed by atoms with van der Waals surface area (Å²) in [5, 5.41) is 32.5. The Hall–Kier alpha value is -1.66. The first kappa shape index (κ1) is 30.8. The molecule has 0 saturated heterocycles. The fraction of sp³-hybridized carbons (Fsp3) is 0.829. The molecule has 6 heteroatoms. The number of ether oxygens (including phenoxy) is 1. The number of fused-ring (bicyclic) bond motifs is 7. The Morgan fingerprint density at radius 1 is 1.00 bits per heavy atom. The van der Waals surface area contributed by atoms with Gasteiger partial charge in [0.25, 0.3) is 0 Å². The number of hydrogen-bond donors (Lipinski definition) is 3. The van der Waals surface area contributed by atoms with Crippen molar-refractivity contribution in [3.8, 4) is 0 Å². The lowest BCUT2D eigenvalue weighted by molar-refractivity contribution is -0.223. The third kappa shape index (κ3) is 4.01. The standard InChI is InChI=1S/C35H54O6/c1-9-21(2)28(38)41-27-19-30(3,4)18-23-22-10-11-25-31(5)14-13-26(37)32(6,20-36)24(31)12-15-34(25,8)33(22,7)16-17-35(23,27)29(39)40/h9-10,23-27,36-37H,11-20H2,1-8H3,(H,39,40)/b21-9-/t23-,24+,25+,26-,27+,31-,32+,33+,34+,35-/m0/s1. The van der Waals surface area contributed by atoms with Gasteiger partial charge in [-0.25, -0.2) is 4.79 Å². The molecule has 10 atom stereocenters. The lowest BCUT2D eigenvalue weighted by Gasteiger charge is -2.71. The highest BCUT2D eigenvalue weighted by Crippen LogP contribution is 2.75. The molecule has 41 heavy (non-hydrogen) atoms. The summed E-state index contributed by atoms with van der Waals surface area (Å²) >= 11 is 0. The zero-order valence-corrected chi connectivity index (χ0v) is 26.7. The van der Waals surface area contributed by atoms with Gasteiger partial charge in [0.05, 0.1) is 12.7 Å². The van der Waals surface area contributed by atoms with Gasteiger partial charge in [-0.1, -0.05) is 59.3 Å². The van der Waals surface area contributed by atoms with Gasteiger partial charge in [-0.05, 0) is 105 Å². The van der Waals surface area contributed by atoms with Gasteiger partial charge in [-0.3, -0.25) is 4.79 Å². The Morgan fingerprint density at radius 2 is 1.68 bits per heavy atom. The quantitative estimate of drug-likeness (QED) is 0.198. The SMILES string of the molecule is C/C=C(/C)C(=O)O[C@@H]1CC(C)(C)C[C@H]2C3=CC[C@@H]4[C@@]5(C)CC[C@H](O)[C@](C)(CO)[C@@H]5CC[C@@]4(C)[C@]3(C)CC[C@@]12C(=O)O. The average molecular weight is 571 g/mol. The predicted octanol–water partition coefficient (Wildman–Crippen LogP) is 6.69. The molecular formula is C35H54O6. The minimum atomic E-state index is -1.13. The summed E-state index contributed by atoms with van der Waals surface area (Å²) in [5.41, 5.74) is -0.203. The third-order valence-electron chi connectivity index (χ3n) is 14.1. The van der Waals surface area contributed by atoms with E-state index in [2.05, 4.69) is 47.6 Å². The molecule has 0 spiro atoms. The summed E-state index contributed by atoms with van der Waals surface area (Å²) in [5.74, 6) is -0.800. The van der Waals surface area contributed by atoms with Gasteiger partial charge in [0.15, 0.2) is 0 Å². The van der Waals surface area contributed by atoms with E-state index < -0.39 is 35.0 Å². The van der Waals surface area contributed by atoms with Crippen molar-refractivity contribution >= 4 is 11.9 Å². The van der Waals surface area contributed by atoms with Crippen LogP contribution in [0.1, 0.15) is 113 Å². The van der Waals surface area contributed by atoms with Crippen LogP contribution in [0.5, 0.6) is 0 Å². The van der Waals surface area contributed by atoms with Gasteiger partial charge in [0.1, 0.15) is 11.5 Å². The minimum Gasteiger partial charge on any atom is -0.481 e. The topological polar surface area (TPSA) is 104 Å². The highest BCUT2D eigenvalue weighted by Gasteiger charge is 2.71. The number of rotatable bonds is 4. The lowest BCUT2D eigenvalue weighted by Crippen LogP contribution is -2.67. The van der Waals surface area contributed by atoms with Crippen molar-refractivity contribution in [3.63, 3.8) is 0 Å². The van der Waals surface area contributed by atoms with Crippen LogP contribution in [0, 0.1) is 50.2 Å². The zero-order chi connectivity index (χ0) is 30.4. The molecule has 0 heterocycles. The number of hydrogen-bond acceptors (Lipinski definition) is 5. The minimum absolute atomic E-state index is 0.00130. The van der Waals surface area contributed by atoms with Crippen LogP contribution in [0.15, 0.2) is 23.3 Å². The van der Waals surface area contributed by atoms with Crippen molar-refractivity contribution in [1.82, 2.24) is 0 Å². The van der Waals surface area contributed by atoms with Gasteiger partial charge < -0.3 is 20.1 Å². The molecule has 0 aromatic carbocycles. The van der Waals surface area contributed by atoms with Crippen LogP contribution in [0.4, 0.5) is 0 Å². The Balaban J connectivity index is 1.60. The Labute approximate surface area is 247 Å². The van der Waals surface area contributed by atoms with Crippen LogP contribution in [0.2, 0.25) is 0 Å².